The van der Waals surface area contributed by atoms with Crippen LogP contribution in [0.25, 0.3) is 0 Å². The number of alkyl halides is 5. The molecule has 0 aromatic heterocycles. The van der Waals surface area contributed by atoms with E-state index in [2.05, 4.69) is 4.74 Å². The van der Waals surface area contributed by atoms with Crippen LogP contribution in [0.2, 0.25) is 0 Å². The van der Waals surface area contributed by atoms with Crippen molar-refractivity contribution in [2.24, 2.45) is 0 Å². The third kappa shape index (κ3) is 4.88. The van der Waals surface area contributed by atoms with E-state index < -0.39 is 52.4 Å². The number of carboxylic acids is 1. The van der Waals surface area contributed by atoms with Crippen LogP contribution in [0, 0.1) is 0 Å². The van der Waals surface area contributed by atoms with E-state index in [1.807, 2.05) is 0 Å². The van der Waals surface area contributed by atoms with Gasteiger partial charge in [-0.1, -0.05) is 0 Å². The lowest BCUT2D eigenvalue weighted by molar-refractivity contribution is -0.259. The summed E-state index contributed by atoms with van der Waals surface area (Å²) in [5.41, 5.74) is 0. The van der Waals surface area contributed by atoms with Crippen LogP contribution in [0.5, 0.6) is 0 Å². The second-order valence-electron chi connectivity index (χ2n) is 3.32. The molecule has 0 aliphatic rings. The van der Waals surface area contributed by atoms with Crippen molar-refractivity contribution >= 4 is 22.1 Å². The van der Waals surface area contributed by atoms with Gasteiger partial charge in [-0.25, -0.2) is 8.42 Å². The van der Waals surface area contributed by atoms with Gasteiger partial charge < -0.3 is 14.4 Å². The third-order valence-electron chi connectivity index (χ3n) is 1.73. The number of aliphatic carboxylic acids is 1. The van der Waals surface area contributed by atoms with Crippen molar-refractivity contribution in [2.45, 2.75) is 30.4 Å². The lowest BCUT2D eigenvalue weighted by Gasteiger charge is -2.29. The highest BCUT2D eigenvalue weighted by Crippen LogP contribution is 2.38. The molecular formula is C7H6F5O7S-. The molecular weight excluding hydrogens is 323 g/mol. The van der Waals surface area contributed by atoms with Crippen LogP contribution in [-0.2, 0) is 24.4 Å². The van der Waals surface area contributed by atoms with Crippen molar-refractivity contribution in [2.75, 3.05) is 0 Å². The van der Waals surface area contributed by atoms with Crippen LogP contribution in [0.15, 0.2) is 0 Å². The minimum atomic E-state index is -6.76. The maximum Gasteiger partial charge on any atom is 0.432 e. The van der Waals surface area contributed by atoms with Gasteiger partial charge in [0.05, 0.1) is 12.8 Å². The van der Waals surface area contributed by atoms with Gasteiger partial charge in [0.15, 0.2) is 10.1 Å². The molecule has 7 nitrogen and oxygen atoms in total. The minimum absolute atomic E-state index is 1.03. The fourth-order valence-electron chi connectivity index (χ4n) is 0.856. The van der Waals surface area contributed by atoms with Gasteiger partial charge in [-0.05, 0) is 0 Å². The number of carbonyl (C=O) groups is 2. The molecule has 0 aromatic rings. The minimum Gasteiger partial charge on any atom is -0.743 e. The highest BCUT2D eigenvalue weighted by atomic mass is 32.2. The van der Waals surface area contributed by atoms with Crippen LogP contribution in [-0.4, -0.2) is 47.6 Å². The molecule has 0 saturated heterocycles. The Morgan fingerprint density at radius 3 is 1.90 bits per heavy atom. The van der Waals surface area contributed by atoms with Gasteiger partial charge in [0.2, 0.25) is 0 Å². The Hall–Kier alpha value is -1.50. The lowest BCUT2D eigenvalue weighted by Crippen LogP contribution is -2.52. The zero-order chi connectivity index (χ0) is 16.4. The molecule has 20 heavy (non-hydrogen) atoms. The monoisotopic (exact) mass is 329 g/mol. The van der Waals surface area contributed by atoms with Crippen molar-refractivity contribution in [1.29, 1.82) is 0 Å². The summed E-state index contributed by atoms with van der Waals surface area (Å²) in [6.07, 6.45) is -12.8. The molecule has 0 amide bonds. The fourth-order valence-corrected chi connectivity index (χ4v) is 1.30. The van der Waals surface area contributed by atoms with E-state index in [9.17, 15) is 44.5 Å². The van der Waals surface area contributed by atoms with Crippen molar-refractivity contribution in [3.63, 3.8) is 0 Å². The second-order valence-corrected chi connectivity index (χ2v) is 4.77. The molecule has 0 bridgehead atoms. The zero-order valence-corrected chi connectivity index (χ0v) is 10.0. The number of rotatable bonds is 6. The molecule has 13 heteroatoms. The average Bonchev–Trinajstić information content (AvgIpc) is 2.19. The van der Waals surface area contributed by atoms with E-state index in [0.29, 0.717) is 0 Å². The number of halogens is 5. The molecule has 1 unspecified atom stereocenters. The summed E-state index contributed by atoms with van der Waals surface area (Å²) < 4.78 is 95.9. The highest BCUT2D eigenvalue weighted by Gasteiger charge is 2.62. The predicted octanol–water partition coefficient (Wildman–Crippen LogP) is 0.463. The summed E-state index contributed by atoms with van der Waals surface area (Å²) in [5.74, 6) is -3.67. The van der Waals surface area contributed by atoms with Crippen LogP contribution < -0.4 is 0 Å². The molecule has 0 heterocycles. The van der Waals surface area contributed by atoms with Gasteiger partial charge in [0, 0.05) is 0 Å². The number of esters is 1. The van der Waals surface area contributed by atoms with Crippen molar-refractivity contribution in [1.82, 2.24) is 0 Å². The fraction of sp³-hybridized carbons (Fsp3) is 0.714. The van der Waals surface area contributed by atoms with E-state index in [1.165, 1.54) is 0 Å². The number of hydrogen-bond acceptors (Lipinski definition) is 6. The first-order chi connectivity index (χ1) is 8.69. The first-order valence-electron chi connectivity index (χ1n) is 4.51. The summed E-state index contributed by atoms with van der Waals surface area (Å²) in [7, 11) is -6.76. The third-order valence-corrected chi connectivity index (χ3v) is 2.61. The largest absolute Gasteiger partial charge is 0.743 e. The maximum atomic E-state index is 12.8. The van der Waals surface area contributed by atoms with Gasteiger partial charge >= 0.3 is 23.4 Å². The molecule has 0 aliphatic carbocycles. The van der Waals surface area contributed by atoms with E-state index in [0.717, 1.165) is 0 Å². The van der Waals surface area contributed by atoms with Gasteiger partial charge in [0.1, 0.15) is 0 Å². The normalized spacial score (nSPS) is 14.7. The van der Waals surface area contributed by atoms with Crippen molar-refractivity contribution < 1.29 is 54.4 Å². The van der Waals surface area contributed by atoms with E-state index in [-0.39, 0.29) is 0 Å². The van der Waals surface area contributed by atoms with Gasteiger partial charge in [0.25, 0.3) is 6.10 Å². The van der Waals surface area contributed by atoms with Crippen LogP contribution >= 0.6 is 0 Å². The summed E-state index contributed by atoms with van der Waals surface area (Å²) in [4.78, 5) is 20.8. The van der Waals surface area contributed by atoms with Gasteiger partial charge in [-0.15, -0.1) is 0 Å². The first kappa shape index (κ1) is 18.5. The summed E-state index contributed by atoms with van der Waals surface area (Å²) in [6.45, 7) is 0. The van der Waals surface area contributed by atoms with E-state index >= 15 is 0 Å². The second kappa shape index (κ2) is 5.87. The number of carbonyl (C=O) groups excluding carboxylic acids is 1. The number of ether oxygens (including phenoxy) is 1. The molecule has 1 atom stereocenters. The molecule has 0 radical (unpaired) electrons. The Kier molecular flexibility index (Phi) is 5.43. The Morgan fingerprint density at radius 1 is 1.15 bits per heavy atom. The number of hydrogen-bond donors (Lipinski definition) is 1. The summed E-state index contributed by atoms with van der Waals surface area (Å²) >= 11 is 0. The Bertz CT molecular complexity index is 482. The Balaban J connectivity index is 5.23. The predicted molar refractivity (Wildman–Crippen MR) is 47.4 cm³/mol. The Labute approximate surface area is 108 Å². The summed E-state index contributed by atoms with van der Waals surface area (Å²) in [6, 6.07) is 0. The number of carboxylic acid groups (broad SMARTS) is 1. The molecule has 0 rings (SSSR count). The lowest BCUT2D eigenvalue weighted by atomic mass is 10.3. The molecule has 118 valence electrons. The molecule has 1 N–H and O–H groups in total. The van der Waals surface area contributed by atoms with Crippen LogP contribution in [0.4, 0.5) is 22.0 Å². The standard InChI is InChI=1S/C7H7F5O7S/c8-6(9,10)5(7(11,12)20(16,17)18)19-4(15)2-1-3(13)14/h5H,1-2H2,(H,13,14)(H,16,17,18)/p-1. The molecule has 0 saturated carbocycles. The van der Waals surface area contributed by atoms with Crippen LogP contribution in [0.1, 0.15) is 12.8 Å². The summed E-state index contributed by atoms with van der Waals surface area (Å²) in [5, 5.41) is 2.18. The van der Waals surface area contributed by atoms with Gasteiger partial charge in [-0.3, -0.25) is 9.59 Å². The van der Waals surface area contributed by atoms with E-state index in [1.54, 1.807) is 0 Å². The Morgan fingerprint density at radius 2 is 1.60 bits per heavy atom. The SMILES string of the molecule is O=C(O)CCC(=O)OC(C(F)(F)F)C(F)(F)S(=O)(=O)[O-]. The first-order valence-corrected chi connectivity index (χ1v) is 5.91. The van der Waals surface area contributed by atoms with Crippen molar-refractivity contribution in [3.05, 3.63) is 0 Å². The topological polar surface area (TPSA) is 121 Å². The average molecular weight is 329 g/mol. The molecule has 0 spiro atoms. The van der Waals surface area contributed by atoms with Gasteiger partial charge in [-0.2, -0.15) is 22.0 Å². The maximum absolute atomic E-state index is 12.8. The van der Waals surface area contributed by atoms with Crippen molar-refractivity contribution in [3.8, 4) is 0 Å². The highest BCUT2D eigenvalue weighted by molar-refractivity contribution is 7.86. The zero-order valence-electron chi connectivity index (χ0n) is 9.19. The molecule has 0 fully saturated rings. The quantitative estimate of drug-likeness (QED) is 0.427. The molecule has 0 aromatic carbocycles. The molecule has 0 aliphatic heterocycles. The van der Waals surface area contributed by atoms with E-state index in [4.69, 9.17) is 5.11 Å². The van der Waals surface area contributed by atoms with Crippen LogP contribution in [0.3, 0.4) is 0 Å². The smallest absolute Gasteiger partial charge is 0.432 e.